The molecule has 3 heterocycles. The monoisotopic (exact) mass is 224 g/mol. The highest BCUT2D eigenvalue weighted by atomic mass is 16.5. The Kier molecular flexibility index (Phi) is 2.86. The number of nitrogens with zero attached hydrogens (tertiary/aromatic N) is 1. The van der Waals surface area contributed by atoms with Gasteiger partial charge in [-0.05, 0) is 32.1 Å². The molecule has 1 amide bonds. The number of hydrogen-bond donors (Lipinski definition) is 1. The number of amides is 1. The smallest absolute Gasteiger partial charge is 0.236 e. The number of fused-ring (bicyclic) bond motifs is 2. The van der Waals surface area contributed by atoms with E-state index in [-0.39, 0.29) is 5.91 Å². The zero-order valence-corrected chi connectivity index (χ0v) is 9.65. The molecule has 0 spiro atoms. The molecule has 0 saturated carbocycles. The van der Waals surface area contributed by atoms with E-state index in [0.717, 1.165) is 19.5 Å². The average Bonchev–Trinajstić information content (AvgIpc) is 3.01. The number of nitrogens with one attached hydrogen (secondary N) is 1. The van der Waals surface area contributed by atoms with Crippen LogP contribution in [0.5, 0.6) is 0 Å². The predicted molar refractivity (Wildman–Crippen MR) is 60.1 cm³/mol. The molecule has 0 aromatic heterocycles. The first kappa shape index (κ1) is 10.5. The molecule has 3 atom stereocenters. The zero-order chi connectivity index (χ0) is 11.0. The van der Waals surface area contributed by atoms with E-state index in [1.54, 1.807) is 0 Å². The molecule has 4 heteroatoms. The van der Waals surface area contributed by atoms with Crippen LogP contribution in [0.4, 0.5) is 0 Å². The van der Waals surface area contributed by atoms with Gasteiger partial charge in [-0.2, -0.15) is 0 Å². The third-order valence-corrected chi connectivity index (χ3v) is 4.08. The highest BCUT2D eigenvalue weighted by Gasteiger charge is 2.40. The molecule has 3 aliphatic heterocycles. The summed E-state index contributed by atoms with van der Waals surface area (Å²) < 4.78 is 5.76. The largest absolute Gasteiger partial charge is 0.373 e. The normalized spacial score (nSPS) is 37.2. The Morgan fingerprint density at radius 3 is 2.75 bits per heavy atom. The molecular weight excluding hydrogens is 204 g/mol. The Hall–Kier alpha value is -0.610. The molecule has 0 aromatic carbocycles. The lowest BCUT2D eigenvalue weighted by atomic mass is 9.95. The van der Waals surface area contributed by atoms with Gasteiger partial charge in [-0.1, -0.05) is 0 Å². The number of likely N-dealkylation sites (tertiary alicyclic amines) is 1. The standard InChI is InChI=1S/C12H20N2O2/c15-12(14-5-1-2-6-14)8-13-10-7-9-3-4-11(10)16-9/h9-11,13H,1-8H2. The highest BCUT2D eigenvalue weighted by Crippen LogP contribution is 2.34. The summed E-state index contributed by atoms with van der Waals surface area (Å²) in [6.45, 7) is 2.40. The Morgan fingerprint density at radius 2 is 2.12 bits per heavy atom. The fourth-order valence-electron chi connectivity index (χ4n) is 3.15. The van der Waals surface area contributed by atoms with E-state index >= 15 is 0 Å². The van der Waals surface area contributed by atoms with E-state index in [0.29, 0.717) is 24.8 Å². The lowest BCUT2D eigenvalue weighted by Crippen LogP contribution is -2.44. The van der Waals surface area contributed by atoms with Crippen LogP contribution in [-0.4, -0.2) is 48.7 Å². The van der Waals surface area contributed by atoms with Crippen LogP contribution in [0.25, 0.3) is 0 Å². The summed E-state index contributed by atoms with van der Waals surface area (Å²) in [6.07, 6.45) is 6.65. The summed E-state index contributed by atoms with van der Waals surface area (Å²) >= 11 is 0. The topological polar surface area (TPSA) is 41.6 Å². The van der Waals surface area contributed by atoms with Crippen LogP contribution in [0.2, 0.25) is 0 Å². The SMILES string of the molecule is O=C(CNC1CC2CCC1O2)N1CCCC1. The van der Waals surface area contributed by atoms with Crippen molar-refractivity contribution in [1.29, 1.82) is 0 Å². The van der Waals surface area contributed by atoms with Gasteiger partial charge in [0.15, 0.2) is 0 Å². The first-order valence-corrected chi connectivity index (χ1v) is 6.49. The second-order valence-corrected chi connectivity index (χ2v) is 5.18. The van der Waals surface area contributed by atoms with E-state index in [9.17, 15) is 4.79 Å². The van der Waals surface area contributed by atoms with Gasteiger partial charge in [0.1, 0.15) is 0 Å². The molecule has 90 valence electrons. The van der Waals surface area contributed by atoms with Crippen molar-refractivity contribution in [3.8, 4) is 0 Å². The van der Waals surface area contributed by atoms with Gasteiger partial charge in [-0.3, -0.25) is 4.79 Å². The lowest BCUT2D eigenvalue weighted by Gasteiger charge is -2.22. The van der Waals surface area contributed by atoms with Crippen LogP contribution < -0.4 is 5.32 Å². The van der Waals surface area contributed by atoms with Gasteiger partial charge in [0, 0.05) is 19.1 Å². The van der Waals surface area contributed by atoms with Gasteiger partial charge in [0.25, 0.3) is 0 Å². The van der Waals surface area contributed by atoms with E-state index in [1.165, 1.54) is 25.7 Å². The first-order valence-electron chi connectivity index (χ1n) is 6.49. The fraction of sp³-hybridized carbons (Fsp3) is 0.917. The van der Waals surface area contributed by atoms with Crippen LogP contribution in [0, 0.1) is 0 Å². The number of hydrogen-bond acceptors (Lipinski definition) is 3. The van der Waals surface area contributed by atoms with Crippen molar-refractivity contribution < 1.29 is 9.53 Å². The minimum absolute atomic E-state index is 0.264. The minimum Gasteiger partial charge on any atom is -0.373 e. The number of carbonyl (C=O) groups is 1. The molecule has 3 rings (SSSR count). The molecule has 3 saturated heterocycles. The third-order valence-electron chi connectivity index (χ3n) is 4.08. The molecule has 2 bridgehead atoms. The maximum atomic E-state index is 11.8. The Labute approximate surface area is 96.3 Å². The molecule has 4 nitrogen and oxygen atoms in total. The van der Waals surface area contributed by atoms with Crippen LogP contribution in [0.15, 0.2) is 0 Å². The van der Waals surface area contributed by atoms with E-state index < -0.39 is 0 Å². The van der Waals surface area contributed by atoms with E-state index in [2.05, 4.69) is 5.32 Å². The van der Waals surface area contributed by atoms with Gasteiger partial charge in [-0.25, -0.2) is 0 Å². The summed E-state index contributed by atoms with van der Waals surface area (Å²) in [6, 6.07) is 0.422. The Morgan fingerprint density at radius 1 is 1.31 bits per heavy atom. The summed E-state index contributed by atoms with van der Waals surface area (Å²) in [7, 11) is 0. The molecule has 16 heavy (non-hydrogen) atoms. The predicted octanol–water partition coefficient (Wildman–Crippen LogP) is 0.518. The zero-order valence-electron chi connectivity index (χ0n) is 9.65. The second-order valence-electron chi connectivity index (χ2n) is 5.18. The number of rotatable bonds is 3. The van der Waals surface area contributed by atoms with Crippen molar-refractivity contribution >= 4 is 5.91 Å². The fourth-order valence-corrected chi connectivity index (χ4v) is 3.15. The van der Waals surface area contributed by atoms with Gasteiger partial charge < -0.3 is 15.0 Å². The Bertz CT molecular complexity index is 276. The average molecular weight is 224 g/mol. The van der Waals surface area contributed by atoms with Gasteiger partial charge >= 0.3 is 0 Å². The maximum Gasteiger partial charge on any atom is 0.236 e. The molecule has 3 aliphatic rings. The summed E-state index contributed by atoms with van der Waals surface area (Å²) in [5.41, 5.74) is 0. The summed E-state index contributed by atoms with van der Waals surface area (Å²) in [5.74, 6) is 0.264. The van der Waals surface area contributed by atoms with Crippen LogP contribution in [-0.2, 0) is 9.53 Å². The van der Waals surface area contributed by atoms with Crippen molar-refractivity contribution in [1.82, 2.24) is 10.2 Å². The summed E-state index contributed by atoms with van der Waals surface area (Å²) in [4.78, 5) is 13.8. The van der Waals surface area contributed by atoms with Crippen molar-refractivity contribution in [2.45, 2.75) is 50.4 Å². The maximum absolute atomic E-state index is 11.8. The molecule has 0 aromatic rings. The second kappa shape index (κ2) is 4.34. The van der Waals surface area contributed by atoms with Gasteiger partial charge in [0.2, 0.25) is 5.91 Å². The lowest BCUT2D eigenvalue weighted by molar-refractivity contribution is -0.129. The summed E-state index contributed by atoms with van der Waals surface area (Å²) in [5, 5.41) is 3.37. The quantitative estimate of drug-likeness (QED) is 0.760. The molecular formula is C12H20N2O2. The highest BCUT2D eigenvalue weighted by molar-refractivity contribution is 5.78. The van der Waals surface area contributed by atoms with Gasteiger partial charge in [-0.15, -0.1) is 0 Å². The van der Waals surface area contributed by atoms with Crippen LogP contribution >= 0.6 is 0 Å². The molecule has 0 aliphatic carbocycles. The van der Waals surface area contributed by atoms with Crippen molar-refractivity contribution in [3.63, 3.8) is 0 Å². The van der Waals surface area contributed by atoms with Crippen LogP contribution in [0.1, 0.15) is 32.1 Å². The molecule has 0 radical (unpaired) electrons. The van der Waals surface area contributed by atoms with Crippen LogP contribution in [0.3, 0.4) is 0 Å². The third kappa shape index (κ3) is 1.96. The van der Waals surface area contributed by atoms with Crippen molar-refractivity contribution in [2.24, 2.45) is 0 Å². The van der Waals surface area contributed by atoms with E-state index in [1.807, 2.05) is 4.90 Å². The Balaban J connectivity index is 1.44. The minimum atomic E-state index is 0.264. The number of ether oxygens (including phenoxy) is 1. The van der Waals surface area contributed by atoms with Gasteiger partial charge in [0.05, 0.1) is 18.8 Å². The number of carbonyl (C=O) groups excluding carboxylic acids is 1. The molecule has 3 unspecified atom stereocenters. The molecule has 3 fully saturated rings. The molecule has 1 N–H and O–H groups in total. The van der Waals surface area contributed by atoms with E-state index in [4.69, 9.17) is 4.74 Å². The van der Waals surface area contributed by atoms with Crippen molar-refractivity contribution in [2.75, 3.05) is 19.6 Å². The van der Waals surface area contributed by atoms with Crippen molar-refractivity contribution in [3.05, 3.63) is 0 Å². The first-order chi connectivity index (χ1) is 7.83.